The van der Waals surface area contributed by atoms with Gasteiger partial charge in [-0.1, -0.05) is 6.92 Å². The van der Waals surface area contributed by atoms with E-state index in [1.54, 1.807) is 11.3 Å². The lowest BCUT2D eigenvalue weighted by atomic mass is 10.2. The maximum Gasteiger partial charge on any atom is 0.0948 e. The summed E-state index contributed by atoms with van der Waals surface area (Å²) in [4.78, 5) is 4.19. The second-order valence-electron chi connectivity index (χ2n) is 4.14. The summed E-state index contributed by atoms with van der Waals surface area (Å²) >= 11 is 1.76. The average Bonchev–Trinajstić information content (AvgIpc) is 2.96. The molecule has 0 spiro atoms. The molecule has 0 amide bonds. The number of hydrogen-bond donors (Lipinski definition) is 1. The molecule has 2 aromatic heterocycles. The van der Waals surface area contributed by atoms with Crippen LogP contribution in [-0.4, -0.2) is 16.1 Å². The van der Waals surface area contributed by atoms with E-state index in [0.29, 0.717) is 0 Å². The Kier molecular flexibility index (Phi) is 4.76. The minimum atomic E-state index is 0.907. The first-order valence-corrected chi connectivity index (χ1v) is 7.05. The van der Waals surface area contributed by atoms with Crippen LogP contribution in [0.4, 0.5) is 0 Å². The van der Waals surface area contributed by atoms with E-state index in [-0.39, 0.29) is 0 Å². The van der Waals surface area contributed by atoms with Gasteiger partial charge in [0.1, 0.15) is 0 Å². The lowest BCUT2D eigenvalue weighted by Crippen LogP contribution is -2.18. The molecule has 0 bridgehead atoms. The summed E-state index contributed by atoms with van der Waals surface area (Å²) in [7, 11) is 0. The highest BCUT2D eigenvalue weighted by Gasteiger charge is 2.00. The Hall–Kier alpha value is -1.13. The summed E-state index contributed by atoms with van der Waals surface area (Å²) in [5, 5.41) is 7.81. The van der Waals surface area contributed by atoms with E-state index in [0.717, 1.165) is 32.5 Å². The van der Waals surface area contributed by atoms with Gasteiger partial charge in [0.25, 0.3) is 0 Å². The monoisotopic (exact) mass is 249 g/mol. The Balaban J connectivity index is 1.72. The van der Waals surface area contributed by atoms with Crippen LogP contribution in [0, 0.1) is 0 Å². The highest BCUT2D eigenvalue weighted by atomic mass is 32.1. The van der Waals surface area contributed by atoms with E-state index in [9.17, 15) is 0 Å². The number of imidazole rings is 1. The number of thiophene rings is 1. The molecule has 92 valence electrons. The molecule has 4 heteroatoms. The highest BCUT2D eigenvalue weighted by molar-refractivity contribution is 7.07. The summed E-state index contributed by atoms with van der Waals surface area (Å²) in [5.41, 5.74) is 2.70. The maximum atomic E-state index is 4.19. The molecule has 0 saturated carbocycles. The first-order chi connectivity index (χ1) is 8.40. The van der Waals surface area contributed by atoms with Crippen LogP contribution in [0.25, 0.3) is 0 Å². The predicted octanol–water partition coefficient (Wildman–Crippen LogP) is 2.69. The second kappa shape index (κ2) is 6.57. The molecule has 17 heavy (non-hydrogen) atoms. The SMILES string of the molecule is CCCn1cncc1CNCCc1ccsc1. The second-order valence-corrected chi connectivity index (χ2v) is 4.92. The molecule has 0 aliphatic heterocycles. The van der Waals surface area contributed by atoms with E-state index in [4.69, 9.17) is 0 Å². The number of nitrogens with zero attached hydrogens (tertiary/aromatic N) is 2. The Morgan fingerprint density at radius 1 is 1.47 bits per heavy atom. The summed E-state index contributed by atoms with van der Waals surface area (Å²) in [6, 6.07) is 2.19. The van der Waals surface area contributed by atoms with Crippen LogP contribution >= 0.6 is 11.3 Å². The molecule has 0 radical (unpaired) electrons. The third kappa shape index (κ3) is 3.68. The third-order valence-corrected chi connectivity index (χ3v) is 3.47. The number of hydrogen-bond acceptors (Lipinski definition) is 3. The van der Waals surface area contributed by atoms with Crippen LogP contribution in [0.2, 0.25) is 0 Å². The summed E-state index contributed by atoms with van der Waals surface area (Å²) in [6.07, 6.45) is 6.12. The molecular formula is C13H19N3S. The van der Waals surface area contributed by atoms with Crippen molar-refractivity contribution < 1.29 is 0 Å². The third-order valence-electron chi connectivity index (χ3n) is 2.74. The van der Waals surface area contributed by atoms with E-state index < -0.39 is 0 Å². The zero-order valence-corrected chi connectivity index (χ0v) is 11.0. The van der Waals surface area contributed by atoms with E-state index in [2.05, 4.69) is 38.6 Å². The van der Waals surface area contributed by atoms with E-state index >= 15 is 0 Å². The molecule has 0 aliphatic carbocycles. The van der Waals surface area contributed by atoms with Crippen molar-refractivity contribution in [3.63, 3.8) is 0 Å². The minimum absolute atomic E-state index is 0.907. The first kappa shape index (κ1) is 12.3. The summed E-state index contributed by atoms with van der Waals surface area (Å²) in [5.74, 6) is 0. The van der Waals surface area contributed by atoms with Gasteiger partial charge in [0.05, 0.1) is 12.0 Å². The smallest absolute Gasteiger partial charge is 0.0948 e. The molecule has 2 heterocycles. The van der Waals surface area contributed by atoms with Gasteiger partial charge in [-0.15, -0.1) is 0 Å². The van der Waals surface area contributed by atoms with Crippen molar-refractivity contribution in [1.29, 1.82) is 0 Å². The standard InChI is InChI=1S/C13H19N3S/c1-2-6-16-11-15-9-13(16)8-14-5-3-12-4-7-17-10-12/h4,7,9-11,14H,2-3,5-6,8H2,1H3. The average molecular weight is 249 g/mol. The summed E-state index contributed by atoms with van der Waals surface area (Å²) < 4.78 is 2.22. The summed E-state index contributed by atoms with van der Waals surface area (Å²) in [6.45, 7) is 5.17. The molecule has 0 fully saturated rings. The van der Waals surface area contributed by atoms with Crippen molar-refractivity contribution in [1.82, 2.24) is 14.9 Å². The van der Waals surface area contributed by atoms with Gasteiger partial charge < -0.3 is 9.88 Å². The lowest BCUT2D eigenvalue weighted by molar-refractivity contribution is 0.602. The largest absolute Gasteiger partial charge is 0.333 e. The predicted molar refractivity (Wildman–Crippen MR) is 72.2 cm³/mol. The fraction of sp³-hybridized carbons (Fsp3) is 0.462. The number of nitrogens with one attached hydrogen (secondary N) is 1. The molecule has 1 N–H and O–H groups in total. The Labute approximate surface area is 107 Å². The maximum absolute atomic E-state index is 4.19. The first-order valence-electron chi connectivity index (χ1n) is 6.11. The molecule has 0 aliphatic rings. The molecular weight excluding hydrogens is 230 g/mol. The fourth-order valence-corrected chi connectivity index (χ4v) is 2.52. The van der Waals surface area contributed by atoms with Crippen molar-refractivity contribution >= 4 is 11.3 Å². The van der Waals surface area contributed by atoms with Crippen molar-refractivity contribution in [3.8, 4) is 0 Å². The van der Waals surface area contributed by atoms with Crippen molar-refractivity contribution in [3.05, 3.63) is 40.6 Å². The number of rotatable bonds is 7. The number of aryl methyl sites for hydroxylation is 1. The highest BCUT2D eigenvalue weighted by Crippen LogP contribution is 2.06. The van der Waals surface area contributed by atoms with Gasteiger partial charge >= 0.3 is 0 Å². The van der Waals surface area contributed by atoms with Crippen LogP contribution < -0.4 is 5.32 Å². The number of aromatic nitrogens is 2. The van der Waals surface area contributed by atoms with Crippen LogP contribution in [0.3, 0.4) is 0 Å². The minimum Gasteiger partial charge on any atom is -0.333 e. The lowest BCUT2D eigenvalue weighted by Gasteiger charge is -2.07. The quantitative estimate of drug-likeness (QED) is 0.765. The molecule has 0 aromatic carbocycles. The van der Waals surface area contributed by atoms with Crippen LogP contribution in [-0.2, 0) is 19.5 Å². The van der Waals surface area contributed by atoms with Gasteiger partial charge in [-0.2, -0.15) is 11.3 Å². The molecule has 0 atom stereocenters. The molecule has 0 saturated heterocycles. The van der Waals surface area contributed by atoms with Gasteiger partial charge in [-0.3, -0.25) is 0 Å². The van der Waals surface area contributed by atoms with Gasteiger partial charge in [-0.05, 0) is 41.8 Å². The van der Waals surface area contributed by atoms with Crippen LogP contribution in [0.1, 0.15) is 24.6 Å². The fourth-order valence-electron chi connectivity index (χ4n) is 1.82. The van der Waals surface area contributed by atoms with E-state index in [1.165, 1.54) is 11.3 Å². The van der Waals surface area contributed by atoms with Crippen molar-refractivity contribution in [2.45, 2.75) is 32.9 Å². The molecule has 3 nitrogen and oxygen atoms in total. The van der Waals surface area contributed by atoms with E-state index in [1.807, 2.05) is 12.5 Å². The van der Waals surface area contributed by atoms with Crippen LogP contribution in [0.5, 0.6) is 0 Å². The zero-order valence-electron chi connectivity index (χ0n) is 10.2. The zero-order chi connectivity index (χ0) is 11.9. The molecule has 2 rings (SSSR count). The van der Waals surface area contributed by atoms with Gasteiger partial charge in [-0.25, -0.2) is 4.98 Å². The molecule has 0 unspecified atom stereocenters. The topological polar surface area (TPSA) is 29.9 Å². The van der Waals surface area contributed by atoms with Crippen molar-refractivity contribution in [2.75, 3.05) is 6.54 Å². The Morgan fingerprint density at radius 2 is 2.41 bits per heavy atom. The normalized spacial score (nSPS) is 10.9. The van der Waals surface area contributed by atoms with Gasteiger partial charge in [0, 0.05) is 19.3 Å². The Bertz CT molecular complexity index is 420. The molecule has 2 aromatic rings. The van der Waals surface area contributed by atoms with Crippen molar-refractivity contribution in [2.24, 2.45) is 0 Å². The van der Waals surface area contributed by atoms with Gasteiger partial charge in [0.2, 0.25) is 0 Å². The van der Waals surface area contributed by atoms with Crippen LogP contribution in [0.15, 0.2) is 29.4 Å². The van der Waals surface area contributed by atoms with Gasteiger partial charge in [0.15, 0.2) is 0 Å². The Morgan fingerprint density at radius 3 is 3.18 bits per heavy atom.